The second-order valence-corrected chi connectivity index (χ2v) is 4.28. The van der Waals surface area contributed by atoms with E-state index >= 15 is 0 Å². The monoisotopic (exact) mass is 190 g/mol. The summed E-state index contributed by atoms with van der Waals surface area (Å²) in [5, 5.41) is 0. The Hall–Kier alpha value is -1.18. The Kier molecular flexibility index (Phi) is 1.55. The molecule has 1 saturated carbocycles. The molecule has 0 amide bonds. The molecule has 1 aliphatic carbocycles. The van der Waals surface area contributed by atoms with Gasteiger partial charge < -0.3 is 9.47 Å². The van der Waals surface area contributed by atoms with E-state index in [4.69, 9.17) is 9.47 Å². The summed E-state index contributed by atoms with van der Waals surface area (Å²) < 4.78 is 10.9. The van der Waals surface area contributed by atoms with Crippen molar-refractivity contribution < 1.29 is 9.47 Å². The van der Waals surface area contributed by atoms with Gasteiger partial charge in [-0.1, -0.05) is 12.5 Å². The third-order valence-electron chi connectivity index (χ3n) is 3.57. The number of hydrogen-bond donors (Lipinski definition) is 0. The van der Waals surface area contributed by atoms with Gasteiger partial charge in [-0.15, -0.1) is 0 Å². The Balaban J connectivity index is 2.04. The lowest BCUT2D eigenvalue weighted by atomic mass is 9.66. The number of methoxy groups -OCH3 is 1. The van der Waals surface area contributed by atoms with Crippen LogP contribution in [0.15, 0.2) is 18.2 Å². The van der Waals surface area contributed by atoms with Crippen molar-refractivity contribution in [2.45, 2.75) is 24.7 Å². The summed E-state index contributed by atoms with van der Waals surface area (Å²) in [5.74, 6) is 1.92. The van der Waals surface area contributed by atoms with Gasteiger partial charge in [-0.2, -0.15) is 0 Å². The standard InChI is InChI=1S/C12H14O2/c1-13-9-3-4-10-11(7-9)14-8-12(10)5-2-6-12/h3-4,7H,2,5-6,8H2,1H3. The Morgan fingerprint density at radius 2 is 2.21 bits per heavy atom. The number of fused-ring (bicyclic) bond motifs is 2. The van der Waals surface area contributed by atoms with Crippen LogP contribution in [-0.4, -0.2) is 13.7 Å². The molecule has 1 aromatic carbocycles. The number of rotatable bonds is 1. The molecule has 1 spiro atoms. The van der Waals surface area contributed by atoms with Gasteiger partial charge in [0.1, 0.15) is 11.5 Å². The smallest absolute Gasteiger partial charge is 0.126 e. The van der Waals surface area contributed by atoms with Gasteiger partial charge in [0.25, 0.3) is 0 Å². The highest BCUT2D eigenvalue weighted by atomic mass is 16.5. The van der Waals surface area contributed by atoms with Crippen molar-refractivity contribution in [1.82, 2.24) is 0 Å². The van der Waals surface area contributed by atoms with E-state index < -0.39 is 0 Å². The zero-order valence-electron chi connectivity index (χ0n) is 8.38. The molecule has 74 valence electrons. The van der Waals surface area contributed by atoms with Gasteiger partial charge in [0.15, 0.2) is 0 Å². The number of hydrogen-bond acceptors (Lipinski definition) is 2. The maximum atomic E-state index is 5.72. The molecule has 0 saturated heterocycles. The molecule has 2 heteroatoms. The average molecular weight is 190 g/mol. The summed E-state index contributed by atoms with van der Waals surface area (Å²) in [4.78, 5) is 0. The van der Waals surface area contributed by atoms with Gasteiger partial charge in [-0.25, -0.2) is 0 Å². The van der Waals surface area contributed by atoms with Crippen molar-refractivity contribution in [2.24, 2.45) is 0 Å². The quantitative estimate of drug-likeness (QED) is 0.677. The molecule has 1 heterocycles. The molecule has 14 heavy (non-hydrogen) atoms. The first-order chi connectivity index (χ1) is 6.84. The van der Waals surface area contributed by atoms with E-state index in [9.17, 15) is 0 Å². The van der Waals surface area contributed by atoms with E-state index in [-0.39, 0.29) is 0 Å². The fourth-order valence-electron chi connectivity index (χ4n) is 2.50. The Morgan fingerprint density at radius 3 is 2.86 bits per heavy atom. The van der Waals surface area contributed by atoms with Gasteiger partial charge >= 0.3 is 0 Å². The van der Waals surface area contributed by atoms with Crippen LogP contribution in [0.25, 0.3) is 0 Å². The molecule has 1 aromatic rings. The van der Waals surface area contributed by atoms with E-state index in [1.807, 2.05) is 12.1 Å². The SMILES string of the molecule is COc1ccc2c(c1)OCC21CCC1. The molecular formula is C12H14O2. The van der Waals surface area contributed by atoms with Gasteiger partial charge in [0.2, 0.25) is 0 Å². The first-order valence-corrected chi connectivity index (χ1v) is 5.15. The van der Waals surface area contributed by atoms with E-state index in [1.54, 1.807) is 7.11 Å². The van der Waals surface area contributed by atoms with Crippen molar-refractivity contribution in [3.63, 3.8) is 0 Å². The largest absolute Gasteiger partial charge is 0.497 e. The van der Waals surface area contributed by atoms with Crippen LogP contribution in [0.2, 0.25) is 0 Å². The van der Waals surface area contributed by atoms with Crippen molar-refractivity contribution in [2.75, 3.05) is 13.7 Å². The molecule has 0 radical (unpaired) electrons. The normalized spacial score (nSPS) is 21.2. The van der Waals surface area contributed by atoms with E-state index in [2.05, 4.69) is 6.07 Å². The zero-order chi connectivity index (χ0) is 9.60. The lowest BCUT2D eigenvalue weighted by Gasteiger charge is -2.36. The lowest BCUT2D eigenvalue weighted by Crippen LogP contribution is -2.35. The minimum Gasteiger partial charge on any atom is -0.497 e. The Labute approximate surface area is 83.8 Å². The first-order valence-electron chi connectivity index (χ1n) is 5.15. The summed E-state index contributed by atoms with van der Waals surface area (Å²) in [6.45, 7) is 0.871. The molecule has 0 N–H and O–H groups in total. The molecule has 0 unspecified atom stereocenters. The van der Waals surface area contributed by atoms with E-state index in [1.165, 1.54) is 24.8 Å². The molecular weight excluding hydrogens is 176 g/mol. The second kappa shape index (κ2) is 2.66. The van der Waals surface area contributed by atoms with Crippen LogP contribution in [0.3, 0.4) is 0 Å². The van der Waals surface area contributed by atoms with E-state index in [0.29, 0.717) is 5.41 Å². The highest BCUT2D eigenvalue weighted by molar-refractivity contribution is 5.49. The molecule has 0 atom stereocenters. The summed E-state index contributed by atoms with van der Waals surface area (Å²) in [5.41, 5.74) is 1.76. The van der Waals surface area contributed by atoms with Gasteiger partial charge in [0, 0.05) is 17.0 Å². The summed E-state index contributed by atoms with van der Waals surface area (Å²) in [6, 6.07) is 6.20. The minimum atomic E-state index is 0.363. The maximum Gasteiger partial charge on any atom is 0.126 e. The number of ether oxygens (including phenoxy) is 2. The topological polar surface area (TPSA) is 18.5 Å². The molecule has 0 aromatic heterocycles. The third kappa shape index (κ3) is 0.912. The van der Waals surface area contributed by atoms with Crippen molar-refractivity contribution in [1.29, 1.82) is 0 Å². The highest BCUT2D eigenvalue weighted by Crippen LogP contribution is 2.51. The highest BCUT2D eigenvalue weighted by Gasteiger charge is 2.45. The van der Waals surface area contributed by atoms with Crippen LogP contribution >= 0.6 is 0 Å². The van der Waals surface area contributed by atoms with E-state index in [0.717, 1.165) is 18.1 Å². The van der Waals surface area contributed by atoms with Crippen molar-refractivity contribution >= 4 is 0 Å². The van der Waals surface area contributed by atoms with Crippen LogP contribution in [0.4, 0.5) is 0 Å². The summed E-state index contributed by atoms with van der Waals surface area (Å²) in [7, 11) is 1.69. The Morgan fingerprint density at radius 1 is 1.36 bits per heavy atom. The van der Waals surface area contributed by atoms with Crippen LogP contribution in [-0.2, 0) is 5.41 Å². The van der Waals surface area contributed by atoms with Crippen molar-refractivity contribution in [3.8, 4) is 11.5 Å². The van der Waals surface area contributed by atoms with Crippen molar-refractivity contribution in [3.05, 3.63) is 23.8 Å². The Bertz CT molecular complexity index is 367. The summed E-state index contributed by atoms with van der Waals surface area (Å²) >= 11 is 0. The van der Waals surface area contributed by atoms with Crippen LogP contribution in [0.1, 0.15) is 24.8 Å². The predicted octanol–water partition coefficient (Wildman–Crippen LogP) is 2.51. The van der Waals surface area contributed by atoms with Gasteiger partial charge in [-0.3, -0.25) is 0 Å². The zero-order valence-corrected chi connectivity index (χ0v) is 8.38. The fourth-order valence-corrected chi connectivity index (χ4v) is 2.50. The molecule has 3 rings (SSSR count). The lowest BCUT2D eigenvalue weighted by molar-refractivity contribution is 0.177. The molecule has 2 aliphatic rings. The average Bonchev–Trinajstić information content (AvgIpc) is 2.55. The van der Waals surface area contributed by atoms with Gasteiger partial charge in [-0.05, 0) is 18.9 Å². The third-order valence-corrected chi connectivity index (χ3v) is 3.57. The maximum absolute atomic E-state index is 5.72. The first kappa shape index (κ1) is 8.16. The molecule has 2 nitrogen and oxygen atoms in total. The second-order valence-electron chi connectivity index (χ2n) is 4.28. The van der Waals surface area contributed by atoms with Crippen LogP contribution in [0.5, 0.6) is 11.5 Å². The fraction of sp³-hybridized carbons (Fsp3) is 0.500. The summed E-state index contributed by atoms with van der Waals surface area (Å²) in [6.07, 6.45) is 3.91. The van der Waals surface area contributed by atoms with Gasteiger partial charge in [0.05, 0.1) is 13.7 Å². The number of benzene rings is 1. The molecule has 1 aliphatic heterocycles. The van der Waals surface area contributed by atoms with Crippen LogP contribution in [0, 0.1) is 0 Å². The predicted molar refractivity (Wildman–Crippen MR) is 54.0 cm³/mol. The molecule has 1 fully saturated rings. The van der Waals surface area contributed by atoms with Crippen LogP contribution < -0.4 is 9.47 Å². The molecule has 0 bridgehead atoms. The minimum absolute atomic E-state index is 0.363.